The van der Waals surface area contributed by atoms with E-state index in [2.05, 4.69) is 24.0 Å². The Balaban J connectivity index is 1.38. The maximum atomic E-state index is 12.9. The smallest absolute Gasteiger partial charge is 0.434 e. The van der Waals surface area contributed by atoms with Crippen LogP contribution in [0.3, 0.4) is 0 Å². The second kappa shape index (κ2) is 9.04. The molecule has 1 fully saturated rings. The first-order valence-electron chi connectivity index (χ1n) is 10.4. The number of pyridine rings is 1. The minimum atomic E-state index is -0.754. The summed E-state index contributed by atoms with van der Waals surface area (Å²) >= 11 is 0. The Hall–Kier alpha value is -3.61. The number of hydrogen-bond donors (Lipinski definition) is 0. The first-order chi connectivity index (χ1) is 15.0. The summed E-state index contributed by atoms with van der Waals surface area (Å²) in [5, 5.41) is 1.16. The Kier molecular flexibility index (Phi) is 6.02. The molecule has 0 atom stereocenters. The van der Waals surface area contributed by atoms with Gasteiger partial charge in [0.2, 0.25) is 0 Å². The number of piperazine rings is 1. The van der Waals surface area contributed by atoms with Crippen LogP contribution in [0.2, 0.25) is 0 Å². The van der Waals surface area contributed by atoms with Crippen LogP contribution in [0.4, 0.5) is 10.6 Å². The Morgan fingerprint density at radius 3 is 2.42 bits per heavy atom. The lowest BCUT2D eigenvalue weighted by Gasteiger charge is -2.35. The number of ether oxygens (including phenoxy) is 2. The molecule has 1 aliphatic heterocycles. The standard InChI is InChI=1S/C24H25N3O4/c1-3-30-24(29)31-19-10-8-18(9-11-19)23(28)27-14-12-26(13-15-27)22-16-17(2)20-6-4-5-7-21(20)25-22/h4-11,16H,3,12-15H2,1-2H3. The fourth-order valence-electron chi connectivity index (χ4n) is 3.72. The molecule has 0 radical (unpaired) electrons. The number of carbonyl (C=O) groups is 2. The fraction of sp³-hybridized carbons (Fsp3) is 0.292. The summed E-state index contributed by atoms with van der Waals surface area (Å²) < 4.78 is 9.79. The van der Waals surface area contributed by atoms with Crippen LogP contribution in [-0.4, -0.2) is 54.7 Å². The zero-order valence-corrected chi connectivity index (χ0v) is 17.7. The van der Waals surface area contributed by atoms with E-state index in [9.17, 15) is 9.59 Å². The molecule has 2 aromatic carbocycles. The molecule has 1 amide bonds. The highest BCUT2D eigenvalue weighted by molar-refractivity contribution is 5.94. The highest BCUT2D eigenvalue weighted by Crippen LogP contribution is 2.23. The number of hydrogen-bond acceptors (Lipinski definition) is 6. The Labute approximate surface area is 181 Å². The van der Waals surface area contributed by atoms with Crippen molar-refractivity contribution in [3.8, 4) is 5.75 Å². The number of anilines is 1. The predicted octanol–water partition coefficient (Wildman–Crippen LogP) is 4.04. The number of fused-ring (bicyclic) bond motifs is 1. The van der Waals surface area contributed by atoms with Crippen LogP contribution < -0.4 is 9.64 Å². The maximum absolute atomic E-state index is 12.9. The molecule has 1 saturated heterocycles. The van der Waals surface area contributed by atoms with Crippen molar-refractivity contribution in [3.63, 3.8) is 0 Å². The van der Waals surface area contributed by atoms with Crippen LogP contribution in [0.25, 0.3) is 10.9 Å². The van der Waals surface area contributed by atoms with E-state index in [0.29, 0.717) is 24.4 Å². The largest absolute Gasteiger partial charge is 0.513 e. The van der Waals surface area contributed by atoms with Crippen molar-refractivity contribution in [1.82, 2.24) is 9.88 Å². The number of para-hydroxylation sites is 1. The molecule has 0 bridgehead atoms. The first-order valence-corrected chi connectivity index (χ1v) is 10.4. The third kappa shape index (κ3) is 4.60. The van der Waals surface area contributed by atoms with Crippen molar-refractivity contribution in [2.24, 2.45) is 0 Å². The van der Waals surface area contributed by atoms with E-state index in [4.69, 9.17) is 14.5 Å². The molecule has 0 saturated carbocycles. The average Bonchev–Trinajstić information content (AvgIpc) is 2.79. The summed E-state index contributed by atoms with van der Waals surface area (Å²) in [5.74, 6) is 1.26. The molecule has 0 aliphatic carbocycles. The van der Waals surface area contributed by atoms with Crippen LogP contribution in [0, 0.1) is 6.92 Å². The van der Waals surface area contributed by atoms with Gasteiger partial charge in [0.1, 0.15) is 11.6 Å². The lowest BCUT2D eigenvalue weighted by Crippen LogP contribution is -2.49. The zero-order valence-electron chi connectivity index (χ0n) is 17.7. The van der Waals surface area contributed by atoms with Gasteiger partial charge in [-0.1, -0.05) is 18.2 Å². The molecule has 2 heterocycles. The van der Waals surface area contributed by atoms with Crippen molar-refractivity contribution >= 4 is 28.8 Å². The highest BCUT2D eigenvalue weighted by Gasteiger charge is 2.23. The molecule has 0 spiro atoms. The molecule has 0 unspecified atom stereocenters. The highest BCUT2D eigenvalue weighted by atomic mass is 16.7. The predicted molar refractivity (Wildman–Crippen MR) is 119 cm³/mol. The number of rotatable bonds is 4. The van der Waals surface area contributed by atoms with Crippen LogP contribution in [-0.2, 0) is 4.74 Å². The van der Waals surface area contributed by atoms with Gasteiger partial charge in [-0.2, -0.15) is 0 Å². The van der Waals surface area contributed by atoms with E-state index in [1.165, 1.54) is 5.56 Å². The van der Waals surface area contributed by atoms with Crippen LogP contribution in [0.5, 0.6) is 5.75 Å². The number of aryl methyl sites for hydroxylation is 1. The number of carbonyl (C=O) groups excluding carboxylic acids is 2. The van der Waals surface area contributed by atoms with Crippen LogP contribution in [0.1, 0.15) is 22.8 Å². The molecule has 3 aromatic rings. The SMILES string of the molecule is CCOC(=O)Oc1ccc(C(=O)N2CCN(c3cc(C)c4ccccc4n3)CC2)cc1. The first kappa shape index (κ1) is 20.7. The van der Waals surface area contributed by atoms with Gasteiger partial charge in [0.05, 0.1) is 12.1 Å². The lowest BCUT2D eigenvalue weighted by molar-refractivity contribution is 0.0746. The molecule has 0 N–H and O–H groups in total. The quantitative estimate of drug-likeness (QED) is 0.469. The van der Waals surface area contributed by atoms with E-state index in [0.717, 1.165) is 29.8 Å². The third-order valence-electron chi connectivity index (χ3n) is 5.37. The van der Waals surface area contributed by atoms with Crippen molar-refractivity contribution in [3.05, 3.63) is 65.7 Å². The monoisotopic (exact) mass is 419 g/mol. The van der Waals surface area contributed by atoms with Gasteiger partial charge in [-0.3, -0.25) is 4.79 Å². The summed E-state index contributed by atoms with van der Waals surface area (Å²) in [6.07, 6.45) is -0.754. The Bertz CT molecular complexity index is 1090. The number of benzene rings is 2. The van der Waals surface area contributed by atoms with Gasteiger partial charge in [-0.15, -0.1) is 0 Å². The van der Waals surface area contributed by atoms with Crippen molar-refractivity contribution in [1.29, 1.82) is 0 Å². The summed E-state index contributed by atoms with van der Waals surface area (Å²) in [5.41, 5.74) is 2.75. The molecule has 7 nitrogen and oxygen atoms in total. The molecular formula is C24H25N3O4. The number of nitrogens with zero attached hydrogens (tertiary/aromatic N) is 3. The molecule has 1 aromatic heterocycles. The van der Waals surface area contributed by atoms with Gasteiger partial charge in [0.15, 0.2) is 0 Å². The van der Waals surface area contributed by atoms with Gasteiger partial charge < -0.3 is 19.3 Å². The molecule has 31 heavy (non-hydrogen) atoms. The minimum Gasteiger partial charge on any atom is -0.434 e. The Morgan fingerprint density at radius 2 is 1.71 bits per heavy atom. The van der Waals surface area contributed by atoms with E-state index in [-0.39, 0.29) is 12.5 Å². The molecule has 7 heteroatoms. The summed E-state index contributed by atoms with van der Waals surface area (Å²) in [4.78, 5) is 33.1. The van der Waals surface area contributed by atoms with Gasteiger partial charge in [-0.05, 0) is 55.8 Å². The van der Waals surface area contributed by atoms with Crippen LogP contribution in [0.15, 0.2) is 54.6 Å². The number of aromatic nitrogens is 1. The second-order valence-corrected chi connectivity index (χ2v) is 7.40. The molecule has 1 aliphatic rings. The maximum Gasteiger partial charge on any atom is 0.513 e. The van der Waals surface area contributed by atoms with Gasteiger partial charge in [0, 0.05) is 37.1 Å². The topological polar surface area (TPSA) is 72.0 Å². The summed E-state index contributed by atoms with van der Waals surface area (Å²) in [6, 6.07) is 16.8. The van der Waals surface area contributed by atoms with Gasteiger partial charge in [-0.25, -0.2) is 9.78 Å². The average molecular weight is 419 g/mol. The second-order valence-electron chi connectivity index (χ2n) is 7.40. The third-order valence-corrected chi connectivity index (χ3v) is 5.37. The number of amides is 1. The normalized spacial score (nSPS) is 13.9. The van der Waals surface area contributed by atoms with E-state index in [1.54, 1.807) is 31.2 Å². The van der Waals surface area contributed by atoms with E-state index < -0.39 is 6.16 Å². The zero-order chi connectivity index (χ0) is 21.8. The molecular weight excluding hydrogens is 394 g/mol. The fourth-order valence-corrected chi connectivity index (χ4v) is 3.72. The molecule has 160 valence electrons. The molecule has 4 rings (SSSR count). The van der Waals surface area contributed by atoms with E-state index >= 15 is 0 Å². The Morgan fingerprint density at radius 1 is 1.00 bits per heavy atom. The minimum absolute atomic E-state index is 0.0371. The summed E-state index contributed by atoms with van der Waals surface area (Å²) in [6.45, 7) is 6.74. The lowest BCUT2D eigenvalue weighted by atomic mass is 10.1. The van der Waals surface area contributed by atoms with E-state index in [1.807, 2.05) is 23.1 Å². The summed E-state index contributed by atoms with van der Waals surface area (Å²) in [7, 11) is 0. The van der Waals surface area contributed by atoms with Gasteiger partial charge in [0.25, 0.3) is 5.91 Å². The van der Waals surface area contributed by atoms with Gasteiger partial charge >= 0.3 is 6.16 Å². The van der Waals surface area contributed by atoms with Crippen molar-refractivity contribution in [2.75, 3.05) is 37.7 Å². The van der Waals surface area contributed by atoms with Crippen molar-refractivity contribution in [2.45, 2.75) is 13.8 Å². The van der Waals surface area contributed by atoms with Crippen molar-refractivity contribution < 1.29 is 19.1 Å². The van der Waals surface area contributed by atoms with Crippen LogP contribution >= 0.6 is 0 Å².